The molecule has 3 rings (SSSR count). The molecule has 1 aliphatic carbocycles. The van der Waals surface area contributed by atoms with Crippen molar-refractivity contribution in [2.24, 2.45) is 12.8 Å². The number of anilines is 1. The lowest BCUT2D eigenvalue weighted by Gasteiger charge is -2.41. The van der Waals surface area contributed by atoms with Gasteiger partial charge in [0.05, 0.1) is 16.5 Å². The third kappa shape index (κ3) is 3.94. The Kier molecular flexibility index (Phi) is 6.03. The molecule has 0 unspecified atom stereocenters. The van der Waals surface area contributed by atoms with E-state index in [2.05, 4.69) is 0 Å². The first-order valence-electron chi connectivity index (χ1n) is 10.0. The van der Waals surface area contributed by atoms with E-state index in [1.165, 1.54) is 34.6 Å². The minimum atomic E-state index is -3.29. The summed E-state index contributed by atoms with van der Waals surface area (Å²) in [6, 6.07) is 3.50. The molecule has 0 atom stereocenters. The van der Waals surface area contributed by atoms with Crippen molar-refractivity contribution in [2.75, 3.05) is 11.2 Å². The van der Waals surface area contributed by atoms with Gasteiger partial charge < -0.3 is 15.2 Å². The van der Waals surface area contributed by atoms with Gasteiger partial charge in [-0.3, -0.25) is 14.4 Å². The summed E-state index contributed by atoms with van der Waals surface area (Å²) in [7, 11) is -1.73. The smallest absolute Gasteiger partial charge is 0.301 e. The van der Waals surface area contributed by atoms with Gasteiger partial charge in [-0.2, -0.15) is 0 Å². The topological polar surface area (TPSA) is 120 Å². The van der Waals surface area contributed by atoms with Crippen LogP contribution in [0.15, 0.2) is 18.2 Å². The van der Waals surface area contributed by atoms with Crippen LogP contribution < -0.4 is 10.6 Å². The van der Waals surface area contributed by atoms with Gasteiger partial charge in [0.1, 0.15) is 15.7 Å². The number of rotatable bonds is 6. The number of aromatic nitrogens is 1. The number of carbonyl (C=O) groups excluding carboxylic acids is 3. The molecule has 8 nitrogen and oxygen atoms in total. The number of Topliss-reactive ketones (excluding diaryl/α,β-unsaturated/α-hetero) is 1. The Balaban J connectivity index is 2.05. The molecule has 1 aromatic carbocycles. The molecular weight excluding hydrogens is 437 g/mol. The Hall–Kier alpha value is -3.01. The molecule has 0 spiro atoms. The normalized spacial score (nSPS) is 18.2. The molecular formula is C22H26FN3O5S. The molecule has 0 aliphatic heterocycles. The zero-order valence-electron chi connectivity index (χ0n) is 18.6. The van der Waals surface area contributed by atoms with Gasteiger partial charge in [-0.25, -0.2) is 12.8 Å². The van der Waals surface area contributed by atoms with Gasteiger partial charge in [-0.15, -0.1) is 0 Å². The fraction of sp³-hybridized carbons (Fsp3) is 0.409. The van der Waals surface area contributed by atoms with Crippen LogP contribution in [0, 0.1) is 26.6 Å². The maximum atomic E-state index is 13.8. The number of sulfone groups is 1. The van der Waals surface area contributed by atoms with Gasteiger partial charge in [-0.05, 0) is 62.9 Å². The van der Waals surface area contributed by atoms with Crippen molar-refractivity contribution in [1.82, 2.24) is 4.57 Å². The predicted molar refractivity (Wildman–Crippen MR) is 118 cm³/mol. The number of benzene rings is 1. The fourth-order valence-corrected chi connectivity index (χ4v) is 5.39. The number of hydrogen-bond donors (Lipinski definition) is 1. The molecule has 0 saturated heterocycles. The van der Waals surface area contributed by atoms with E-state index in [1.54, 1.807) is 20.9 Å². The van der Waals surface area contributed by atoms with Crippen LogP contribution >= 0.6 is 0 Å². The highest BCUT2D eigenvalue weighted by molar-refractivity contribution is 7.91. The first kappa shape index (κ1) is 23.6. The minimum Gasteiger partial charge on any atom is -0.366 e. The van der Waals surface area contributed by atoms with Gasteiger partial charge >= 0.3 is 5.91 Å². The van der Waals surface area contributed by atoms with Gasteiger partial charge in [0.25, 0.3) is 11.7 Å². The standard InChI is InChI=1S/C22H26FN3O5S/c1-11-8-14(6-7-17(11)23)26(15-9-16(10-15)32(5,30)31)22(29)20(27)19-12(2)18(21(24)28)13(3)25(19)4/h6-8,15-16H,9-10H2,1-5H3,(H2,24,28). The lowest BCUT2D eigenvalue weighted by atomic mass is 9.89. The molecule has 10 heteroatoms. The maximum absolute atomic E-state index is 13.8. The molecule has 0 bridgehead atoms. The molecule has 1 fully saturated rings. The largest absolute Gasteiger partial charge is 0.366 e. The fourth-order valence-electron chi connectivity index (χ4n) is 4.24. The minimum absolute atomic E-state index is 0.0316. The number of ketones is 1. The quantitative estimate of drug-likeness (QED) is 0.519. The predicted octanol–water partition coefficient (Wildman–Crippen LogP) is 1.98. The second-order valence-corrected chi connectivity index (χ2v) is 10.7. The molecule has 1 aliphatic rings. The zero-order valence-corrected chi connectivity index (χ0v) is 19.4. The van der Waals surface area contributed by atoms with Crippen molar-refractivity contribution in [2.45, 2.75) is 44.9 Å². The summed E-state index contributed by atoms with van der Waals surface area (Å²) in [4.78, 5) is 39.8. The van der Waals surface area contributed by atoms with E-state index in [-0.39, 0.29) is 29.7 Å². The van der Waals surface area contributed by atoms with E-state index in [0.717, 1.165) is 6.26 Å². The summed E-state index contributed by atoms with van der Waals surface area (Å²) in [5, 5.41) is -0.611. The lowest BCUT2D eigenvalue weighted by molar-refractivity contribution is -0.115. The molecule has 1 saturated carbocycles. The maximum Gasteiger partial charge on any atom is 0.301 e. The summed E-state index contributed by atoms with van der Waals surface area (Å²) < 4.78 is 39.0. The number of primary amides is 1. The average molecular weight is 464 g/mol. The van der Waals surface area contributed by atoms with Crippen LogP contribution in [0.4, 0.5) is 10.1 Å². The number of aryl methyl sites for hydroxylation is 1. The summed E-state index contributed by atoms with van der Waals surface area (Å²) in [5.74, 6) is -2.91. The highest BCUT2D eigenvalue weighted by Gasteiger charge is 2.44. The SMILES string of the molecule is Cc1cc(N(C(=O)C(=O)c2c(C)c(C(N)=O)c(C)n2C)C2CC(S(C)(=O)=O)C2)ccc1F. The summed E-state index contributed by atoms with van der Waals surface area (Å²) >= 11 is 0. The molecule has 32 heavy (non-hydrogen) atoms. The van der Waals surface area contributed by atoms with Crippen molar-refractivity contribution in [3.63, 3.8) is 0 Å². The molecule has 172 valence electrons. The number of nitrogens with zero attached hydrogens (tertiary/aromatic N) is 2. The summed E-state index contributed by atoms with van der Waals surface area (Å²) in [6.07, 6.45) is 1.48. The number of halogens is 1. The van der Waals surface area contributed by atoms with E-state index in [0.29, 0.717) is 16.9 Å². The second-order valence-electron chi connectivity index (χ2n) is 8.37. The molecule has 2 N–H and O–H groups in total. The van der Waals surface area contributed by atoms with Crippen molar-refractivity contribution in [3.05, 3.63) is 52.1 Å². The van der Waals surface area contributed by atoms with Crippen molar-refractivity contribution < 1.29 is 27.2 Å². The first-order chi connectivity index (χ1) is 14.8. The van der Waals surface area contributed by atoms with Gasteiger partial charge in [0.2, 0.25) is 0 Å². The molecule has 2 amide bonds. The molecule has 0 radical (unpaired) electrons. The van der Waals surface area contributed by atoms with E-state index in [4.69, 9.17) is 5.73 Å². The van der Waals surface area contributed by atoms with Gasteiger partial charge in [-0.1, -0.05) is 0 Å². The van der Waals surface area contributed by atoms with Crippen LogP contribution in [0.1, 0.15) is 50.5 Å². The monoisotopic (exact) mass is 463 g/mol. The van der Waals surface area contributed by atoms with E-state index in [9.17, 15) is 27.2 Å². The zero-order chi connectivity index (χ0) is 24.1. The summed E-state index contributed by atoms with van der Waals surface area (Å²) in [5.41, 5.74) is 6.99. The van der Waals surface area contributed by atoms with Crippen LogP contribution in [0.3, 0.4) is 0 Å². The van der Waals surface area contributed by atoms with Crippen LogP contribution in [0.2, 0.25) is 0 Å². The second kappa shape index (κ2) is 8.16. The third-order valence-electron chi connectivity index (χ3n) is 6.27. The Morgan fingerprint density at radius 2 is 1.75 bits per heavy atom. The Morgan fingerprint density at radius 1 is 1.16 bits per heavy atom. The van der Waals surface area contributed by atoms with E-state index < -0.39 is 44.5 Å². The van der Waals surface area contributed by atoms with E-state index in [1.807, 2.05) is 0 Å². The number of nitrogens with two attached hydrogens (primary N) is 1. The van der Waals surface area contributed by atoms with Gasteiger partial charge in [0.15, 0.2) is 0 Å². The van der Waals surface area contributed by atoms with E-state index >= 15 is 0 Å². The third-order valence-corrected chi connectivity index (χ3v) is 7.86. The molecule has 1 heterocycles. The highest BCUT2D eigenvalue weighted by atomic mass is 32.2. The van der Waals surface area contributed by atoms with Crippen LogP contribution in [0.25, 0.3) is 0 Å². The van der Waals surface area contributed by atoms with Crippen LogP contribution in [-0.4, -0.2) is 48.1 Å². The summed E-state index contributed by atoms with van der Waals surface area (Å²) in [6.45, 7) is 4.70. The number of hydrogen-bond acceptors (Lipinski definition) is 5. The van der Waals surface area contributed by atoms with Crippen LogP contribution in [-0.2, 0) is 21.7 Å². The van der Waals surface area contributed by atoms with Crippen molar-refractivity contribution in [1.29, 1.82) is 0 Å². The molecule has 2 aromatic rings. The number of amides is 2. The Labute approximate surface area is 186 Å². The van der Waals surface area contributed by atoms with Crippen molar-refractivity contribution in [3.8, 4) is 0 Å². The van der Waals surface area contributed by atoms with Gasteiger partial charge in [0, 0.05) is 30.7 Å². The Morgan fingerprint density at radius 3 is 2.22 bits per heavy atom. The van der Waals surface area contributed by atoms with Crippen molar-refractivity contribution >= 4 is 33.1 Å². The first-order valence-corrected chi connectivity index (χ1v) is 12.0. The average Bonchev–Trinajstić information content (AvgIpc) is 2.86. The number of carbonyl (C=O) groups is 3. The lowest BCUT2D eigenvalue weighted by Crippen LogP contribution is -2.54. The van der Waals surface area contributed by atoms with Crippen LogP contribution in [0.5, 0.6) is 0 Å². The molecule has 1 aromatic heterocycles. The highest BCUT2D eigenvalue weighted by Crippen LogP contribution is 2.35. The Bertz CT molecular complexity index is 1240.